The van der Waals surface area contributed by atoms with Crippen molar-refractivity contribution in [3.63, 3.8) is 0 Å². The lowest BCUT2D eigenvalue weighted by Crippen LogP contribution is -2.31. The summed E-state index contributed by atoms with van der Waals surface area (Å²) >= 11 is 5.94. The van der Waals surface area contributed by atoms with Gasteiger partial charge < -0.3 is 4.90 Å². The molecule has 1 unspecified atom stereocenters. The zero-order chi connectivity index (χ0) is 16.3. The Morgan fingerprint density at radius 2 is 1.82 bits per heavy atom. The van der Waals surface area contributed by atoms with Crippen LogP contribution in [0.25, 0.3) is 0 Å². The highest BCUT2D eigenvalue weighted by molar-refractivity contribution is 6.31. The van der Waals surface area contributed by atoms with Crippen LogP contribution in [-0.4, -0.2) is 17.9 Å². The second-order valence-electron chi connectivity index (χ2n) is 5.11. The zero-order valence-electron chi connectivity index (χ0n) is 12.3. The molecule has 1 atom stereocenters. The normalized spacial score (nSPS) is 12.0. The topological polar surface area (TPSA) is 20.3 Å². The molecule has 0 heterocycles. The Hall–Kier alpha value is -1.94. The maximum Gasteiger partial charge on any atom is 0.227 e. The summed E-state index contributed by atoms with van der Waals surface area (Å²) in [5.41, 5.74) is 0.990. The number of carbonyl (C=O) groups is 1. The molecule has 5 heteroatoms. The highest BCUT2D eigenvalue weighted by Crippen LogP contribution is 2.23. The van der Waals surface area contributed by atoms with E-state index in [4.69, 9.17) is 11.6 Å². The van der Waals surface area contributed by atoms with Gasteiger partial charge in [-0.15, -0.1) is 0 Å². The van der Waals surface area contributed by atoms with Gasteiger partial charge in [-0.3, -0.25) is 4.79 Å². The van der Waals surface area contributed by atoms with Crippen LogP contribution in [0.5, 0.6) is 0 Å². The van der Waals surface area contributed by atoms with Gasteiger partial charge in [-0.2, -0.15) is 0 Å². The van der Waals surface area contributed by atoms with Crippen LogP contribution < -0.4 is 0 Å². The number of likely N-dealkylation sites (N-methyl/N-ethyl adjacent to an activating group) is 1. The average Bonchev–Trinajstić information content (AvgIpc) is 2.50. The van der Waals surface area contributed by atoms with E-state index in [1.807, 2.05) is 6.92 Å². The van der Waals surface area contributed by atoms with Gasteiger partial charge in [0.2, 0.25) is 5.91 Å². The van der Waals surface area contributed by atoms with Crippen molar-refractivity contribution < 1.29 is 13.6 Å². The minimum absolute atomic E-state index is 0.118. The summed E-state index contributed by atoms with van der Waals surface area (Å²) in [5, 5.41) is 0.233. The van der Waals surface area contributed by atoms with Gasteiger partial charge >= 0.3 is 0 Å². The van der Waals surface area contributed by atoms with Gasteiger partial charge in [-0.1, -0.05) is 29.8 Å². The molecule has 116 valence electrons. The molecule has 0 N–H and O–H groups in total. The lowest BCUT2D eigenvalue weighted by Gasteiger charge is -2.25. The summed E-state index contributed by atoms with van der Waals surface area (Å²) in [6.07, 6.45) is -0.118. The maximum absolute atomic E-state index is 13.7. The van der Waals surface area contributed by atoms with Crippen LogP contribution in [0.4, 0.5) is 8.78 Å². The van der Waals surface area contributed by atoms with Gasteiger partial charge in [0.05, 0.1) is 12.5 Å². The Labute approximate surface area is 133 Å². The number of benzene rings is 2. The molecule has 2 nitrogen and oxygen atoms in total. The predicted molar refractivity (Wildman–Crippen MR) is 82.7 cm³/mol. The second kappa shape index (κ2) is 6.88. The monoisotopic (exact) mass is 323 g/mol. The largest absolute Gasteiger partial charge is 0.339 e. The summed E-state index contributed by atoms with van der Waals surface area (Å²) in [6, 6.07) is 10.0. The Balaban J connectivity index is 2.13. The van der Waals surface area contributed by atoms with Crippen LogP contribution in [0, 0.1) is 11.6 Å². The standard InChI is InChI=1S/C17H16ClF2NO/c1-11(12-6-8-13(19)9-7-12)21(2)17(22)10-14-15(18)4-3-5-16(14)20/h3-9,11H,10H2,1-2H3. The molecule has 0 fully saturated rings. The lowest BCUT2D eigenvalue weighted by molar-refractivity contribution is -0.131. The predicted octanol–water partition coefficient (Wildman–Crippen LogP) is 4.38. The summed E-state index contributed by atoms with van der Waals surface area (Å²) in [6.45, 7) is 1.83. The van der Waals surface area contributed by atoms with E-state index in [-0.39, 0.29) is 34.8 Å². The van der Waals surface area contributed by atoms with Gasteiger partial charge in [0.15, 0.2) is 0 Å². The molecule has 0 radical (unpaired) electrons. The van der Waals surface area contributed by atoms with Crippen LogP contribution in [0.15, 0.2) is 42.5 Å². The Bertz CT molecular complexity index is 653. The van der Waals surface area contributed by atoms with E-state index < -0.39 is 5.82 Å². The van der Waals surface area contributed by atoms with E-state index in [0.717, 1.165) is 5.56 Å². The van der Waals surface area contributed by atoms with Crippen molar-refractivity contribution >= 4 is 17.5 Å². The fraction of sp³-hybridized carbons (Fsp3) is 0.235. The Morgan fingerprint density at radius 1 is 1.18 bits per heavy atom. The molecule has 0 saturated carbocycles. The van der Waals surface area contributed by atoms with E-state index in [2.05, 4.69) is 0 Å². The molecule has 2 aromatic carbocycles. The Kier molecular flexibility index (Phi) is 5.14. The van der Waals surface area contributed by atoms with Gasteiger partial charge in [-0.05, 0) is 36.8 Å². The first-order chi connectivity index (χ1) is 10.4. The third-order valence-electron chi connectivity index (χ3n) is 3.72. The Morgan fingerprint density at radius 3 is 2.41 bits per heavy atom. The van der Waals surface area contributed by atoms with E-state index in [0.29, 0.717) is 0 Å². The van der Waals surface area contributed by atoms with E-state index in [1.165, 1.54) is 29.2 Å². The van der Waals surface area contributed by atoms with Gasteiger partial charge in [0.25, 0.3) is 0 Å². The minimum atomic E-state index is -0.497. The van der Waals surface area contributed by atoms with Crippen molar-refractivity contribution in [2.75, 3.05) is 7.05 Å². The SMILES string of the molecule is CC(c1ccc(F)cc1)N(C)C(=O)Cc1c(F)cccc1Cl. The molecule has 0 spiro atoms. The number of nitrogens with zero attached hydrogens (tertiary/aromatic N) is 1. The smallest absolute Gasteiger partial charge is 0.227 e. The number of amides is 1. The van der Waals surface area contributed by atoms with Crippen molar-refractivity contribution in [1.29, 1.82) is 0 Å². The fourth-order valence-corrected chi connectivity index (χ4v) is 2.39. The molecule has 2 aromatic rings. The molecule has 0 bridgehead atoms. The van der Waals surface area contributed by atoms with Gasteiger partial charge in [0.1, 0.15) is 11.6 Å². The van der Waals surface area contributed by atoms with Crippen molar-refractivity contribution in [3.05, 3.63) is 70.2 Å². The maximum atomic E-state index is 13.7. The first-order valence-electron chi connectivity index (χ1n) is 6.84. The summed E-state index contributed by atoms with van der Waals surface area (Å²) in [4.78, 5) is 13.8. The zero-order valence-corrected chi connectivity index (χ0v) is 13.1. The van der Waals surface area contributed by atoms with E-state index >= 15 is 0 Å². The number of hydrogen-bond acceptors (Lipinski definition) is 1. The third kappa shape index (κ3) is 3.63. The highest BCUT2D eigenvalue weighted by atomic mass is 35.5. The first kappa shape index (κ1) is 16.4. The van der Waals surface area contributed by atoms with Crippen molar-refractivity contribution in [2.45, 2.75) is 19.4 Å². The van der Waals surface area contributed by atoms with E-state index in [1.54, 1.807) is 25.2 Å². The number of rotatable bonds is 4. The van der Waals surface area contributed by atoms with Crippen molar-refractivity contribution in [1.82, 2.24) is 4.90 Å². The lowest BCUT2D eigenvalue weighted by atomic mass is 10.1. The van der Waals surface area contributed by atoms with Crippen LogP contribution in [0.1, 0.15) is 24.1 Å². The van der Waals surface area contributed by atoms with Crippen molar-refractivity contribution in [2.24, 2.45) is 0 Å². The summed E-state index contributed by atoms with van der Waals surface area (Å²) in [7, 11) is 1.63. The molecule has 0 aliphatic carbocycles. The molecule has 0 aliphatic heterocycles. The van der Waals surface area contributed by atoms with Crippen LogP contribution in [-0.2, 0) is 11.2 Å². The average molecular weight is 324 g/mol. The van der Waals surface area contributed by atoms with Crippen LogP contribution in [0.2, 0.25) is 5.02 Å². The fourth-order valence-electron chi connectivity index (χ4n) is 2.16. The molecule has 0 aliphatic rings. The summed E-state index contributed by atoms with van der Waals surface area (Å²) < 4.78 is 26.7. The minimum Gasteiger partial charge on any atom is -0.339 e. The number of carbonyl (C=O) groups excluding carboxylic acids is 1. The van der Waals surface area contributed by atoms with Crippen LogP contribution in [0.3, 0.4) is 0 Å². The van der Waals surface area contributed by atoms with Gasteiger partial charge in [-0.25, -0.2) is 8.78 Å². The molecule has 2 rings (SSSR count). The molecule has 0 aromatic heterocycles. The van der Waals surface area contributed by atoms with Crippen molar-refractivity contribution in [3.8, 4) is 0 Å². The molecular formula is C17H16ClF2NO. The van der Waals surface area contributed by atoms with Gasteiger partial charge in [0, 0.05) is 17.6 Å². The molecule has 0 saturated heterocycles. The highest BCUT2D eigenvalue weighted by Gasteiger charge is 2.20. The number of hydrogen-bond donors (Lipinski definition) is 0. The molecular weight excluding hydrogens is 308 g/mol. The number of halogens is 3. The summed E-state index contributed by atoms with van der Waals surface area (Å²) in [5.74, 6) is -1.09. The van der Waals surface area contributed by atoms with E-state index in [9.17, 15) is 13.6 Å². The molecule has 1 amide bonds. The first-order valence-corrected chi connectivity index (χ1v) is 7.22. The van der Waals surface area contributed by atoms with Crippen LogP contribution >= 0.6 is 11.6 Å². The second-order valence-corrected chi connectivity index (χ2v) is 5.52. The quantitative estimate of drug-likeness (QED) is 0.817. The third-order valence-corrected chi connectivity index (χ3v) is 4.07. The molecule has 22 heavy (non-hydrogen) atoms.